The predicted octanol–water partition coefficient (Wildman–Crippen LogP) is 3.02. The number of hydrogen-bond acceptors (Lipinski definition) is 3. The quantitative estimate of drug-likeness (QED) is 0.804. The molecule has 0 radical (unpaired) electrons. The van der Waals surface area contributed by atoms with E-state index in [0.717, 1.165) is 31.4 Å². The van der Waals surface area contributed by atoms with Gasteiger partial charge in [-0.25, -0.2) is 14.3 Å². The summed E-state index contributed by atoms with van der Waals surface area (Å²) in [6.07, 6.45) is 6.85. The van der Waals surface area contributed by atoms with Crippen molar-refractivity contribution >= 4 is 17.7 Å². The lowest BCUT2D eigenvalue weighted by Crippen LogP contribution is -2.39. The lowest BCUT2D eigenvalue weighted by atomic mass is 9.96. The molecule has 0 atom stereocenters. The molecule has 7 heteroatoms. The first-order chi connectivity index (χ1) is 11.6. The van der Waals surface area contributed by atoms with Gasteiger partial charge in [0.2, 0.25) is 0 Å². The first-order valence-electron chi connectivity index (χ1n) is 8.09. The topological polar surface area (TPSA) is 96.2 Å². The smallest absolute Gasteiger partial charge is 0.358 e. The number of anilines is 1. The van der Waals surface area contributed by atoms with Crippen LogP contribution in [0.2, 0.25) is 0 Å². The Kier molecular flexibility index (Phi) is 4.79. The number of carbonyl (C=O) groups is 2. The van der Waals surface area contributed by atoms with Crippen molar-refractivity contribution in [1.82, 2.24) is 15.1 Å². The molecular formula is C17H20N4O3. The summed E-state index contributed by atoms with van der Waals surface area (Å²) in [5.74, 6) is -1.18. The van der Waals surface area contributed by atoms with Crippen LogP contribution in [0.3, 0.4) is 0 Å². The molecule has 2 amide bonds. The molecule has 7 nitrogen and oxygen atoms in total. The second kappa shape index (κ2) is 7.16. The van der Waals surface area contributed by atoms with Gasteiger partial charge in [0.25, 0.3) is 0 Å². The Morgan fingerprint density at radius 1 is 1.12 bits per heavy atom. The second-order valence-electron chi connectivity index (χ2n) is 5.91. The summed E-state index contributed by atoms with van der Waals surface area (Å²) in [7, 11) is 0. The summed E-state index contributed by atoms with van der Waals surface area (Å²) in [6.45, 7) is 0. The van der Waals surface area contributed by atoms with Gasteiger partial charge in [-0.1, -0.05) is 37.5 Å². The average Bonchev–Trinajstić information content (AvgIpc) is 3.00. The molecule has 1 aliphatic carbocycles. The number of urea groups is 1. The minimum absolute atomic E-state index is 0.149. The Morgan fingerprint density at radius 3 is 2.50 bits per heavy atom. The van der Waals surface area contributed by atoms with E-state index in [1.54, 1.807) is 0 Å². The summed E-state index contributed by atoms with van der Waals surface area (Å²) < 4.78 is 1.44. The van der Waals surface area contributed by atoms with Gasteiger partial charge in [-0.15, -0.1) is 0 Å². The molecule has 1 aromatic carbocycles. The van der Waals surface area contributed by atoms with Crippen LogP contribution in [0.25, 0.3) is 5.69 Å². The van der Waals surface area contributed by atoms with Crippen molar-refractivity contribution in [3.8, 4) is 5.69 Å². The third kappa shape index (κ3) is 3.73. The zero-order valence-electron chi connectivity index (χ0n) is 13.2. The van der Waals surface area contributed by atoms with E-state index in [4.69, 9.17) is 0 Å². The second-order valence-corrected chi connectivity index (χ2v) is 5.91. The van der Waals surface area contributed by atoms with Crippen LogP contribution in [0, 0.1) is 0 Å². The van der Waals surface area contributed by atoms with Crippen molar-refractivity contribution in [2.45, 2.75) is 38.1 Å². The maximum atomic E-state index is 12.1. The van der Waals surface area contributed by atoms with Gasteiger partial charge in [0.1, 0.15) is 0 Å². The van der Waals surface area contributed by atoms with E-state index in [2.05, 4.69) is 15.7 Å². The molecule has 1 aromatic heterocycles. The molecule has 0 saturated heterocycles. The zero-order valence-corrected chi connectivity index (χ0v) is 13.2. The Labute approximate surface area is 139 Å². The number of nitrogens with one attached hydrogen (secondary N) is 2. The highest BCUT2D eigenvalue weighted by atomic mass is 16.4. The molecule has 0 spiro atoms. The molecule has 3 N–H and O–H groups in total. The molecule has 1 heterocycles. The fourth-order valence-corrected chi connectivity index (χ4v) is 2.93. The minimum atomic E-state index is -1.18. The Balaban J connectivity index is 1.75. The fourth-order valence-electron chi connectivity index (χ4n) is 2.93. The van der Waals surface area contributed by atoms with Gasteiger partial charge in [0.15, 0.2) is 5.69 Å². The highest BCUT2D eigenvalue weighted by Crippen LogP contribution is 2.19. The molecule has 2 aromatic rings. The molecular weight excluding hydrogens is 308 g/mol. The fraction of sp³-hybridized carbons (Fsp3) is 0.353. The summed E-state index contributed by atoms with van der Waals surface area (Å²) in [4.78, 5) is 23.5. The number of aromatic nitrogens is 2. The van der Waals surface area contributed by atoms with E-state index in [1.807, 2.05) is 30.3 Å². The van der Waals surface area contributed by atoms with Crippen LogP contribution in [0.1, 0.15) is 42.6 Å². The van der Waals surface area contributed by atoms with Crippen LogP contribution in [0.15, 0.2) is 36.5 Å². The average molecular weight is 328 g/mol. The van der Waals surface area contributed by atoms with Crippen LogP contribution in [0.4, 0.5) is 10.5 Å². The van der Waals surface area contributed by atoms with E-state index >= 15 is 0 Å². The zero-order chi connectivity index (χ0) is 16.9. The first-order valence-corrected chi connectivity index (χ1v) is 8.09. The van der Waals surface area contributed by atoms with Crippen molar-refractivity contribution in [2.24, 2.45) is 0 Å². The molecule has 1 saturated carbocycles. The normalized spacial score (nSPS) is 15.0. The van der Waals surface area contributed by atoms with Crippen molar-refractivity contribution in [2.75, 3.05) is 5.32 Å². The Bertz CT molecular complexity index is 721. The monoisotopic (exact) mass is 328 g/mol. The van der Waals surface area contributed by atoms with Crippen LogP contribution >= 0.6 is 0 Å². The third-order valence-corrected chi connectivity index (χ3v) is 4.13. The number of para-hydroxylation sites is 1. The maximum Gasteiger partial charge on any atom is 0.358 e. The van der Waals surface area contributed by atoms with E-state index in [1.165, 1.54) is 17.3 Å². The summed E-state index contributed by atoms with van der Waals surface area (Å²) >= 11 is 0. The maximum absolute atomic E-state index is 12.1. The van der Waals surface area contributed by atoms with Crippen LogP contribution in [-0.2, 0) is 0 Å². The SMILES string of the molecule is O=C(Nc1cn(-c2ccccc2)nc1C(=O)O)NC1CCCCC1. The van der Waals surface area contributed by atoms with Gasteiger partial charge in [-0.2, -0.15) is 5.10 Å². The van der Waals surface area contributed by atoms with Crippen molar-refractivity contribution in [3.63, 3.8) is 0 Å². The molecule has 1 fully saturated rings. The van der Waals surface area contributed by atoms with Crippen molar-refractivity contribution in [1.29, 1.82) is 0 Å². The molecule has 0 unspecified atom stereocenters. The largest absolute Gasteiger partial charge is 0.476 e. The number of benzene rings is 1. The lowest BCUT2D eigenvalue weighted by molar-refractivity contribution is 0.0691. The lowest BCUT2D eigenvalue weighted by Gasteiger charge is -2.22. The van der Waals surface area contributed by atoms with E-state index in [-0.39, 0.29) is 17.4 Å². The predicted molar refractivity (Wildman–Crippen MR) is 89.6 cm³/mol. The van der Waals surface area contributed by atoms with Gasteiger partial charge in [0, 0.05) is 6.04 Å². The molecule has 3 rings (SSSR count). The molecule has 126 valence electrons. The Hall–Kier alpha value is -2.83. The highest BCUT2D eigenvalue weighted by molar-refractivity contribution is 5.98. The number of aromatic carboxylic acids is 1. The van der Waals surface area contributed by atoms with Gasteiger partial charge < -0.3 is 15.7 Å². The summed E-state index contributed by atoms with van der Waals surface area (Å²) in [5.41, 5.74) is 0.720. The van der Waals surface area contributed by atoms with Gasteiger partial charge in [-0.3, -0.25) is 0 Å². The number of nitrogens with zero attached hydrogens (tertiary/aromatic N) is 2. The minimum Gasteiger partial charge on any atom is -0.476 e. The molecule has 1 aliphatic rings. The number of amides is 2. The third-order valence-electron chi connectivity index (χ3n) is 4.13. The number of hydrogen-bond donors (Lipinski definition) is 3. The van der Waals surface area contributed by atoms with Gasteiger partial charge >= 0.3 is 12.0 Å². The van der Waals surface area contributed by atoms with Crippen LogP contribution in [0.5, 0.6) is 0 Å². The molecule has 24 heavy (non-hydrogen) atoms. The van der Waals surface area contributed by atoms with E-state index in [0.29, 0.717) is 0 Å². The molecule has 0 bridgehead atoms. The van der Waals surface area contributed by atoms with Gasteiger partial charge in [0.05, 0.1) is 17.6 Å². The summed E-state index contributed by atoms with van der Waals surface area (Å²) in [6, 6.07) is 8.91. The van der Waals surface area contributed by atoms with Crippen molar-refractivity contribution in [3.05, 3.63) is 42.2 Å². The summed E-state index contributed by atoms with van der Waals surface area (Å²) in [5, 5.41) is 18.9. The van der Waals surface area contributed by atoms with Crippen LogP contribution < -0.4 is 10.6 Å². The van der Waals surface area contributed by atoms with E-state index < -0.39 is 12.0 Å². The number of carboxylic acid groups (broad SMARTS) is 1. The standard InChI is InChI=1S/C17H20N4O3/c22-16(23)15-14(11-21(20-15)13-9-5-2-6-10-13)19-17(24)18-12-7-3-1-4-8-12/h2,5-6,9-12H,1,3-4,7-8H2,(H,22,23)(H2,18,19,24). The molecule has 0 aliphatic heterocycles. The Morgan fingerprint density at radius 2 is 1.83 bits per heavy atom. The van der Waals surface area contributed by atoms with Crippen molar-refractivity contribution < 1.29 is 14.7 Å². The highest BCUT2D eigenvalue weighted by Gasteiger charge is 2.20. The first kappa shape index (κ1) is 16.0. The van der Waals surface area contributed by atoms with Crippen LogP contribution in [-0.4, -0.2) is 32.9 Å². The number of carboxylic acids is 1. The van der Waals surface area contributed by atoms with E-state index in [9.17, 15) is 14.7 Å². The van der Waals surface area contributed by atoms with Gasteiger partial charge in [-0.05, 0) is 25.0 Å². The number of rotatable bonds is 4. The number of carbonyl (C=O) groups excluding carboxylic acids is 1.